The maximum absolute atomic E-state index is 13.2. The molecule has 5 nitrogen and oxygen atoms in total. The third-order valence-electron chi connectivity index (χ3n) is 5.74. The number of methoxy groups -OCH3 is 1. The largest absolute Gasteiger partial charge is 0.489 e. The Hall–Kier alpha value is -3.90. The van der Waals surface area contributed by atoms with E-state index in [2.05, 4.69) is 0 Å². The summed E-state index contributed by atoms with van der Waals surface area (Å²) in [4.78, 5) is 28.7. The fourth-order valence-corrected chi connectivity index (χ4v) is 4.73. The SMILES string of the molecule is COC(=O)C(Cc1ccccc1)N(C)C(=O)c1ccc(-c2ccc(OCc3ccccc3)cc2)s1. The van der Waals surface area contributed by atoms with Crippen molar-refractivity contribution in [3.05, 3.63) is 113 Å². The van der Waals surface area contributed by atoms with Gasteiger partial charge in [-0.05, 0) is 53.1 Å². The number of amides is 1. The molecule has 0 bridgehead atoms. The van der Waals surface area contributed by atoms with Gasteiger partial charge >= 0.3 is 5.97 Å². The lowest BCUT2D eigenvalue weighted by molar-refractivity contribution is -0.145. The predicted octanol–water partition coefficient (Wildman–Crippen LogP) is 5.85. The minimum absolute atomic E-state index is 0.213. The van der Waals surface area contributed by atoms with Crippen molar-refractivity contribution in [2.75, 3.05) is 14.2 Å². The zero-order valence-corrected chi connectivity index (χ0v) is 20.5. The molecule has 4 rings (SSSR count). The fraction of sp³-hybridized carbons (Fsp3) is 0.172. The van der Waals surface area contributed by atoms with Crippen LogP contribution in [0.25, 0.3) is 10.4 Å². The number of carbonyl (C=O) groups is 2. The van der Waals surface area contributed by atoms with Gasteiger partial charge in [-0.15, -0.1) is 11.3 Å². The van der Waals surface area contributed by atoms with Crippen molar-refractivity contribution in [3.63, 3.8) is 0 Å². The van der Waals surface area contributed by atoms with Crippen molar-refractivity contribution in [2.24, 2.45) is 0 Å². The van der Waals surface area contributed by atoms with Crippen LogP contribution in [0.4, 0.5) is 0 Å². The van der Waals surface area contributed by atoms with Gasteiger partial charge in [-0.2, -0.15) is 0 Å². The van der Waals surface area contributed by atoms with Gasteiger partial charge in [0.25, 0.3) is 5.91 Å². The second-order valence-electron chi connectivity index (χ2n) is 8.11. The van der Waals surface area contributed by atoms with Gasteiger partial charge in [0.2, 0.25) is 0 Å². The zero-order valence-electron chi connectivity index (χ0n) is 19.7. The lowest BCUT2D eigenvalue weighted by atomic mass is 10.0. The molecule has 4 aromatic rings. The molecule has 0 aliphatic carbocycles. The number of thiophene rings is 1. The molecule has 6 heteroatoms. The number of benzene rings is 3. The van der Waals surface area contributed by atoms with Crippen molar-refractivity contribution in [1.29, 1.82) is 0 Å². The number of rotatable bonds is 9. The molecule has 0 aliphatic heterocycles. The normalized spacial score (nSPS) is 11.5. The molecule has 0 N–H and O–H groups in total. The number of esters is 1. The topological polar surface area (TPSA) is 55.8 Å². The molecule has 178 valence electrons. The predicted molar refractivity (Wildman–Crippen MR) is 139 cm³/mol. The van der Waals surface area contributed by atoms with E-state index >= 15 is 0 Å². The molecule has 3 aromatic carbocycles. The Morgan fingerprint density at radius 1 is 0.829 bits per heavy atom. The van der Waals surface area contributed by atoms with Crippen LogP contribution in [0, 0.1) is 0 Å². The lowest BCUT2D eigenvalue weighted by Gasteiger charge is -2.25. The van der Waals surface area contributed by atoms with Gasteiger partial charge < -0.3 is 14.4 Å². The van der Waals surface area contributed by atoms with Crippen LogP contribution in [0.15, 0.2) is 97.1 Å². The molecule has 35 heavy (non-hydrogen) atoms. The van der Waals surface area contributed by atoms with E-state index < -0.39 is 12.0 Å². The van der Waals surface area contributed by atoms with E-state index in [0.717, 1.165) is 27.3 Å². The van der Waals surface area contributed by atoms with Crippen LogP contribution < -0.4 is 4.74 Å². The first-order valence-corrected chi connectivity index (χ1v) is 12.1. The molecule has 0 saturated heterocycles. The van der Waals surface area contributed by atoms with Gasteiger partial charge in [0.15, 0.2) is 0 Å². The van der Waals surface area contributed by atoms with Crippen LogP contribution >= 0.6 is 11.3 Å². The minimum Gasteiger partial charge on any atom is -0.489 e. The summed E-state index contributed by atoms with van der Waals surface area (Å²) < 4.78 is 10.8. The molecule has 1 heterocycles. The van der Waals surface area contributed by atoms with Crippen LogP contribution in [-0.4, -0.2) is 37.0 Å². The highest BCUT2D eigenvalue weighted by atomic mass is 32.1. The molecular formula is C29H27NO4S. The molecule has 1 aromatic heterocycles. The molecule has 0 saturated carbocycles. The number of ether oxygens (including phenoxy) is 2. The third-order valence-corrected chi connectivity index (χ3v) is 6.86. The van der Waals surface area contributed by atoms with E-state index in [9.17, 15) is 9.59 Å². The van der Waals surface area contributed by atoms with Gasteiger partial charge in [-0.25, -0.2) is 4.79 Å². The number of nitrogens with zero attached hydrogens (tertiary/aromatic N) is 1. The maximum Gasteiger partial charge on any atom is 0.328 e. The summed E-state index contributed by atoms with van der Waals surface area (Å²) in [6, 6.07) is 30.5. The van der Waals surface area contributed by atoms with Crippen molar-refractivity contribution in [2.45, 2.75) is 19.1 Å². The second-order valence-corrected chi connectivity index (χ2v) is 9.19. The van der Waals surface area contributed by atoms with Crippen molar-refractivity contribution in [1.82, 2.24) is 4.90 Å². The molecule has 1 atom stereocenters. The Bertz CT molecular complexity index is 1250. The third kappa shape index (κ3) is 6.16. The van der Waals surface area contributed by atoms with Gasteiger partial charge in [-0.1, -0.05) is 60.7 Å². The van der Waals surface area contributed by atoms with Gasteiger partial charge in [0.1, 0.15) is 18.4 Å². The number of carbonyl (C=O) groups excluding carboxylic acids is 2. The fourth-order valence-electron chi connectivity index (χ4n) is 3.73. The average Bonchev–Trinajstić information content (AvgIpc) is 3.41. The summed E-state index contributed by atoms with van der Waals surface area (Å²) in [5.41, 5.74) is 3.07. The Morgan fingerprint density at radius 3 is 2.09 bits per heavy atom. The summed E-state index contributed by atoms with van der Waals surface area (Å²) in [7, 11) is 2.99. The van der Waals surface area contributed by atoms with Crippen LogP contribution in [-0.2, 0) is 22.6 Å². The molecule has 0 radical (unpaired) electrons. The van der Waals surface area contributed by atoms with E-state index in [1.165, 1.54) is 23.3 Å². The molecule has 1 unspecified atom stereocenters. The van der Waals surface area contributed by atoms with Crippen LogP contribution in [0.2, 0.25) is 0 Å². The standard InChI is InChI=1S/C29H27NO4S/c1-30(25(29(32)33-2)19-21-9-5-3-6-10-21)28(31)27-18-17-26(35-27)23-13-15-24(16-14-23)34-20-22-11-7-4-8-12-22/h3-18,25H,19-20H2,1-2H3. The summed E-state index contributed by atoms with van der Waals surface area (Å²) in [6.45, 7) is 0.508. The first kappa shape index (κ1) is 24.2. The van der Waals surface area contributed by atoms with Gasteiger partial charge in [0.05, 0.1) is 12.0 Å². The molecule has 0 fully saturated rings. The highest BCUT2D eigenvalue weighted by molar-refractivity contribution is 7.17. The number of likely N-dealkylation sites (N-methyl/N-ethyl adjacent to an activating group) is 1. The maximum atomic E-state index is 13.2. The van der Waals surface area contributed by atoms with E-state index in [1.807, 2.05) is 91.0 Å². The summed E-state index contributed by atoms with van der Waals surface area (Å²) in [5.74, 6) is 0.134. The second kappa shape index (κ2) is 11.5. The average molecular weight is 486 g/mol. The Kier molecular flexibility index (Phi) is 7.95. The van der Waals surface area contributed by atoms with Crippen molar-refractivity contribution >= 4 is 23.2 Å². The molecule has 0 aliphatic rings. The van der Waals surface area contributed by atoms with Crippen LogP contribution in [0.5, 0.6) is 5.75 Å². The molecule has 1 amide bonds. The quantitative estimate of drug-likeness (QED) is 0.279. The summed E-state index contributed by atoms with van der Waals surface area (Å²) >= 11 is 1.40. The molecular weight excluding hydrogens is 458 g/mol. The van der Waals surface area contributed by atoms with Crippen molar-refractivity contribution < 1.29 is 19.1 Å². The minimum atomic E-state index is -0.707. The van der Waals surface area contributed by atoms with E-state index in [0.29, 0.717) is 17.9 Å². The van der Waals surface area contributed by atoms with Crippen LogP contribution in [0.1, 0.15) is 20.8 Å². The Balaban J connectivity index is 1.43. The number of hydrogen-bond donors (Lipinski definition) is 0. The smallest absolute Gasteiger partial charge is 0.328 e. The first-order valence-electron chi connectivity index (χ1n) is 11.3. The van der Waals surface area contributed by atoms with Crippen LogP contribution in [0.3, 0.4) is 0 Å². The van der Waals surface area contributed by atoms with E-state index in [1.54, 1.807) is 13.1 Å². The lowest BCUT2D eigenvalue weighted by Crippen LogP contribution is -2.44. The highest BCUT2D eigenvalue weighted by Crippen LogP contribution is 2.30. The van der Waals surface area contributed by atoms with E-state index in [4.69, 9.17) is 9.47 Å². The van der Waals surface area contributed by atoms with E-state index in [-0.39, 0.29) is 5.91 Å². The van der Waals surface area contributed by atoms with Gasteiger partial charge in [-0.3, -0.25) is 4.79 Å². The molecule has 0 spiro atoms. The Morgan fingerprint density at radius 2 is 1.46 bits per heavy atom. The summed E-state index contributed by atoms with van der Waals surface area (Å²) in [5, 5.41) is 0. The highest BCUT2D eigenvalue weighted by Gasteiger charge is 2.29. The monoisotopic (exact) mass is 485 g/mol. The first-order chi connectivity index (χ1) is 17.0. The van der Waals surface area contributed by atoms with Crippen molar-refractivity contribution in [3.8, 4) is 16.2 Å². The zero-order chi connectivity index (χ0) is 24.6. The Labute approximate surface area is 209 Å². The summed E-state index contributed by atoms with van der Waals surface area (Å²) in [6.07, 6.45) is 0.387. The number of hydrogen-bond acceptors (Lipinski definition) is 5. The van der Waals surface area contributed by atoms with Gasteiger partial charge in [0, 0.05) is 18.3 Å².